The summed E-state index contributed by atoms with van der Waals surface area (Å²) < 4.78 is 46.2. The fourth-order valence-corrected chi connectivity index (χ4v) is 11.3. The van der Waals surface area contributed by atoms with Gasteiger partial charge in [-0.3, -0.25) is 0 Å². The largest absolute Gasteiger partial charge is 0.491 e. The minimum Gasteiger partial charge on any atom is -0.491 e. The van der Waals surface area contributed by atoms with Crippen LogP contribution in [0, 0.1) is 45.8 Å². The van der Waals surface area contributed by atoms with Crippen LogP contribution in [0.5, 0.6) is 0 Å². The van der Waals surface area contributed by atoms with Crippen LogP contribution in [0.1, 0.15) is 118 Å². The summed E-state index contributed by atoms with van der Waals surface area (Å²) >= 11 is 0. The third-order valence-electron chi connectivity index (χ3n) is 13.9. The number of carbonyl (C=O) groups is 1. The van der Waals surface area contributed by atoms with E-state index in [0.29, 0.717) is 53.9 Å². The lowest BCUT2D eigenvalue weighted by molar-refractivity contribution is -0.229. The maximum Gasteiger partial charge on any atom is 0.416 e. The summed E-state index contributed by atoms with van der Waals surface area (Å²) in [5, 5.41) is 23.0. The van der Waals surface area contributed by atoms with Crippen molar-refractivity contribution < 1.29 is 32.9 Å². The Morgan fingerprint density at radius 3 is 2.19 bits per heavy atom. The van der Waals surface area contributed by atoms with E-state index >= 15 is 0 Å². The molecule has 47 heavy (non-hydrogen) atoms. The molecule has 4 aliphatic rings. The van der Waals surface area contributed by atoms with Crippen LogP contribution in [0.4, 0.5) is 13.2 Å². The molecular formula is C40H55F3O4. The van der Waals surface area contributed by atoms with Crippen molar-refractivity contribution in [1.82, 2.24) is 0 Å². The number of carboxylic acid groups (broad SMARTS) is 1. The van der Waals surface area contributed by atoms with E-state index in [1.165, 1.54) is 12.1 Å². The van der Waals surface area contributed by atoms with Crippen LogP contribution in [0.15, 0.2) is 53.3 Å². The smallest absolute Gasteiger partial charge is 0.416 e. The summed E-state index contributed by atoms with van der Waals surface area (Å²) in [6, 6.07) is 5.11. The number of halogens is 3. The van der Waals surface area contributed by atoms with Crippen LogP contribution < -0.4 is 0 Å². The van der Waals surface area contributed by atoms with E-state index in [0.717, 1.165) is 54.5 Å². The summed E-state index contributed by atoms with van der Waals surface area (Å²) in [6.07, 6.45) is 0.650. The summed E-state index contributed by atoms with van der Waals surface area (Å²) in [7, 11) is 0. The van der Waals surface area contributed by atoms with Gasteiger partial charge in [0.1, 0.15) is 6.10 Å². The fraction of sp³-hybridized carbons (Fsp3) is 0.675. The molecule has 0 heterocycles. The maximum absolute atomic E-state index is 13.3. The van der Waals surface area contributed by atoms with Gasteiger partial charge in [0.2, 0.25) is 0 Å². The molecule has 1 unspecified atom stereocenters. The quantitative estimate of drug-likeness (QED) is 0.226. The second-order valence-corrected chi connectivity index (χ2v) is 16.5. The van der Waals surface area contributed by atoms with Crippen molar-refractivity contribution in [1.29, 1.82) is 0 Å². The summed E-state index contributed by atoms with van der Waals surface area (Å²) in [5.41, 5.74) is 2.27. The van der Waals surface area contributed by atoms with E-state index < -0.39 is 29.9 Å². The van der Waals surface area contributed by atoms with Gasteiger partial charge in [-0.2, -0.15) is 13.2 Å². The molecule has 4 aliphatic carbocycles. The van der Waals surface area contributed by atoms with Gasteiger partial charge in [0.25, 0.3) is 0 Å². The number of aliphatic carboxylic acids is 1. The first-order valence-corrected chi connectivity index (χ1v) is 17.6. The van der Waals surface area contributed by atoms with Crippen molar-refractivity contribution in [3.8, 4) is 0 Å². The Morgan fingerprint density at radius 2 is 1.64 bits per heavy atom. The molecule has 7 heteroatoms. The number of ether oxygens (including phenoxy) is 1. The highest BCUT2D eigenvalue weighted by Gasteiger charge is 2.70. The van der Waals surface area contributed by atoms with Gasteiger partial charge in [0, 0.05) is 5.57 Å². The topological polar surface area (TPSA) is 66.8 Å². The number of benzene rings is 1. The SMILES string of the molecule is C=C(C)OC1C[C@@]2(C)[C@@H](C[C@@H](O)[C@H]3[C@@]4(C)CC[C@@H](C)[C@H](C)[C@@H]4CC[C@@]32C)/C1=C(/CCC(=C(C)C)c1ccc(C(F)(F)F)cc1)C(=O)O. The zero-order valence-corrected chi connectivity index (χ0v) is 29.6. The Bertz CT molecular complexity index is 1450. The maximum atomic E-state index is 13.3. The highest BCUT2D eigenvalue weighted by atomic mass is 19.4. The van der Waals surface area contributed by atoms with Gasteiger partial charge in [-0.1, -0.05) is 58.9 Å². The predicted octanol–water partition coefficient (Wildman–Crippen LogP) is 10.5. The Balaban J connectivity index is 1.55. The lowest BCUT2D eigenvalue weighted by Gasteiger charge is -2.69. The van der Waals surface area contributed by atoms with Gasteiger partial charge in [0.05, 0.1) is 17.4 Å². The molecule has 2 N–H and O–H groups in total. The highest BCUT2D eigenvalue weighted by molar-refractivity contribution is 5.88. The van der Waals surface area contributed by atoms with Crippen molar-refractivity contribution in [2.24, 2.45) is 45.8 Å². The molecule has 1 aromatic rings. The van der Waals surface area contributed by atoms with Crippen LogP contribution in [0.2, 0.25) is 0 Å². The molecule has 0 bridgehead atoms. The lowest BCUT2D eigenvalue weighted by atomic mass is 9.36. The van der Waals surface area contributed by atoms with Crippen molar-refractivity contribution >= 4 is 11.5 Å². The summed E-state index contributed by atoms with van der Waals surface area (Å²) in [5.74, 6) is 1.29. The van der Waals surface area contributed by atoms with Gasteiger partial charge in [-0.05, 0) is 147 Å². The fourth-order valence-electron chi connectivity index (χ4n) is 11.3. The van der Waals surface area contributed by atoms with E-state index in [1.54, 1.807) is 6.92 Å². The van der Waals surface area contributed by atoms with Crippen molar-refractivity contribution in [3.63, 3.8) is 0 Å². The van der Waals surface area contributed by atoms with E-state index in [4.69, 9.17) is 4.74 Å². The molecule has 4 saturated carbocycles. The van der Waals surface area contributed by atoms with Crippen molar-refractivity contribution in [3.05, 3.63) is 64.4 Å². The number of hydrogen-bond acceptors (Lipinski definition) is 3. The molecule has 5 rings (SSSR count). The Morgan fingerprint density at radius 1 is 1.00 bits per heavy atom. The molecule has 0 amide bonds. The van der Waals surface area contributed by atoms with Gasteiger partial charge in [-0.25, -0.2) is 4.79 Å². The molecule has 0 radical (unpaired) electrons. The van der Waals surface area contributed by atoms with E-state index in [1.807, 2.05) is 13.8 Å². The van der Waals surface area contributed by atoms with E-state index in [-0.39, 0.29) is 34.5 Å². The molecule has 0 aromatic heterocycles. The lowest BCUT2D eigenvalue weighted by Crippen LogP contribution is -2.65. The number of aliphatic hydroxyl groups excluding tert-OH is 1. The zero-order valence-electron chi connectivity index (χ0n) is 29.6. The normalized spacial score (nSPS) is 39.3. The summed E-state index contributed by atoms with van der Waals surface area (Å²) in [4.78, 5) is 13.2. The van der Waals surface area contributed by atoms with Crippen LogP contribution >= 0.6 is 0 Å². The molecule has 1 aromatic carbocycles. The molecular weight excluding hydrogens is 601 g/mol. The van der Waals surface area contributed by atoms with Crippen molar-refractivity contribution in [2.45, 2.75) is 125 Å². The van der Waals surface area contributed by atoms with Gasteiger partial charge < -0.3 is 14.9 Å². The first-order chi connectivity index (χ1) is 21.8. The first kappa shape index (κ1) is 35.8. The minimum absolute atomic E-state index is 0.0130. The average molecular weight is 657 g/mol. The summed E-state index contributed by atoms with van der Waals surface area (Å²) in [6.45, 7) is 21.5. The van der Waals surface area contributed by atoms with Crippen molar-refractivity contribution in [2.75, 3.05) is 0 Å². The van der Waals surface area contributed by atoms with Crippen LogP contribution in [-0.2, 0) is 15.7 Å². The minimum atomic E-state index is -4.43. The number of carboxylic acids is 1. The Hall–Kier alpha value is -2.54. The van der Waals surface area contributed by atoms with Crippen LogP contribution in [0.25, 0.3) is 5.57 Å². The molecule has 0 aliphatic heterocycles. The molecule has 4 fully saturated rings. The number of rotatable bonds is 7. The monoisotopic (exact) mass is 656 g/mol. The number of alkyl halides is 3. The number of allylic oxidation sites excluding steroid dienone is 3. The molecule has 4 nitrogen and oxygen atoms in total. The van der Waals surface area contributed by atoms with E-state index in [9.17, 15) is 28.2 Å². The molecule has 260 valence electrons. The predicted molar refractivity (Wildman–Crippen MR) is 180 cm³/mol. The van der Waals surface area contributed by atoms with Crippen LogP contribution in [-0.4, -0.2) is 28.4 Å². The molecule has 0 saturated heterocycles. The van der Waals surface area contributed by atoms with Gasteiger partial charge >= 0.3 is 12.1 Å². The van der Waals surface area contributed by atoms with Crippen LogP contribution in [0.3, 0.4) is 0 Å². The second kappa shape index (κ2) is 12.4. The highest BCUT2D eigenvalue weighted by Crippen LogP contribution is 2.74. The van der Waals surface area contributed by atoms with E-state index in [2.05, 4.69) is 41.2 Å². The standard InChI is InChI=1S/C40H55F3O4/c1-22(2)28(26-10-12-27(13-11-26)40(41,42)43)14-15-29(36(45)46)34-31-20-32(44)35-37(7)18-16-24(5)25(6)30(37)17-19-38(35,8)39(31,9)21-33(34)47-23(3)4/h10-13,24-25,30-33,35,44H,3,14-21H2,1-2,4-9H3,(H,45,46)/b34-29+/t24-,25+,30+,31+,32-,33?,35+,37+,38+,39+/m1/s1. The zero-order chi connectivity index (χ0) is 34.9. The number of fused-ring (bicyclic) bond motifs is 5. The Kier molecular flexibility index (Phi) is 9.44. The number of hydrogen-bond donors (Lipinski definition) is 2. The van der Waals surface area contributed by atoms with Gasteiger partial charge in [0.15, 0.2) is 0 Å². The molecule has 10 atom stereocenters. The third kappa shape index (κ3) is 5.91. The number of aliphatic hydroxyl groups is 1. The Labute approximate surface area is 279 Å². The first-order valence-electron chi connectivity index (χ1n) is 17.6. The third-order valence-corrected chi connectivity index (χ3v) is 13.9. The second-order valence-electron chi connectivity index (χ2n) is 16.5. The van der Waals surface area contributed by atoms with Gasteiger partial charge in [-0.15, -0.1) is 0 Å². The molecule has 0 spiro atoms. The average Bonchev–Trinajstić information content (AvgIpc) is 3.23.